The van der Waals surface area contributed by atoms with Crippen molar-refractivity contribution in [2.24, 2.45) is 0 Å². The fraction of sp³-hybridized carbons (Fsp3) is 0.176. The number of nitrogens with zero attached hydrogens (tertiary/aromatic N) is 2. The van der Waals surface area contributed by atoms with Gasteiger partial charge in [-0.2, -0.15) is 4.98 Å². The van der Waals surface area contributed by atoms with Crippen LogP contribution in [-0.4, -0.2) is 9.97 Å². The lowest BCUT2D eigenvalue weighted by molar-refractivity contribution is 1.13. The lowest BCUT2D eigenvalue weighted by atomic mass is 10.1. The van der Waals surface area contributed by atoms with Gasteiger partial charge in [-0.15, -0.1) is 0 Å². The van der Waals surface area contributed by atoms with Gasteiger partial charge in [0.25, 0.3) is 0 Å². The summed E-state index contributed by atoms with van der Waals surface area (Å²) in [5.74, 6) is 0.745. The lowest BCUT2D eigenvalue weighted by Crippen LogP contribution is -2.01. The molecule has 3 aromatic rings. The molecule has 3 nitrogen and oxygen atoms in total. The van der Waals surface area contributed by atoms with E-state index in [1.54, 1.807) is 0 Å². The van der Waals surface area contributed by atoms with Gasteiger partial charge in [-0.05, 0) is 48.2 Å². The molecule has 2 aromatic carbocycles. The molecule has 0 aliphatic carbocycles. The molecule has 0 saturated heterocycles. The summed E-state index contributed by atoms with van der Waals surface area (Å²) in [5.41, 5.74) is 4.38. The van der Waals surface area contributed by atoms with Gasteiger partial charge in [-0.3, -0.25) is 0 Å². The van der Waals surface area contributed by atoms with Crippen LogP contribution in [0.25, 0.3) is 10.9 Å². The SMILES string of the molecule is CCc1cccc(C)c1Nc1nc(Cl)nc2ccccc12. The zero-order valence-electron chi connectivity index (χ0n) is 12.0. The van der Waals surface area contributed by atoms with Gasteiger partial charge in [0.05, 0.1) is 5.52 Å². The lowest BCUT2D eigenvalue weighted by Gasteiger charge is -2.15. The van der Waals surface area contributed by atoms with Crippen molar-refractivity contribution in [1.29, 1.82) is 0 Å². The molecule has 3 rings (SSSR count). The van der Waals surface area contributed by atoms with E-state index >= 15 is 0 Å². The predicted molar refractivity (Wildman–Crippen MR) is 88.4 cm³/mol. The first-order chi connectivity index (χ1) is 10.2. The molecular weight excluding hydrogens is 282 g/mol. The molecule has 1 heterocycles. The molecule has 106 valence electrons. The Morgan fingerprint density at radius 2 is 1.86 bits per heavy atom. The van der Waals surface area contributed by atoms with Crippen LogP contribution < -0.4 is 5.32 Å². The van der Waals surface area contributed by atoms with E-state index in [4.69, 9.17) is 11.6 Å². The Balaban J connectivity index is 2.15. The Morgan fingerprint density at radius 3 is 2.67 bits per heavy atom. The number of aromatic nitrogens is 2. The molecule has 0 amide bonds. The minimum atomic E-state index is 0.253. The molecule has 0 unspecified atom stereocenters. The Kier molecular flexibility index (Phi) is 3.76. The normalized spacial score (nSPS) is 10.8. The first-order valence-corrected chi connectivity index (χ1v) is 7.34. The van der Waals surface area contributed by atoms with Crippen LogP contribution in [0.4, 0.5) is 11.5 Å². The number of aryl methyl sites for hydroxylation is 2. The van der Waals surface area contributed by atoms with Crippen molar-refractivity contribution >= 4 is 34.0 Å². The van der Waals surface area contributed by atoms with E-state index in [9.17, 15) is 0 Å². The number of hydrogen-bond acceptors (Lipinski definition) is 3. The summed E-state index contributed by atoms with van der Waals surface area (Å²) in [6.45, 7) is 4.23. The molecule has 4 heteroatoms. The minimum absolute atomic E-state index is 0.253. The molecule has 0 spiro atoms. The quantitative estimate of drug-likeness (QED) is 0.699. The Hall–Kier alpha value is -2.13. The van der Waals surface area contributed by atoms with Crippen LogP contribution in [0.2, 0.25) is 5.28 Å². The summed E-state index contributed by atoms with van der Waals surface area (Å²) in [6.07, 6.45) is 0.959. The van der Waals surface area contributed by atoms with Crippen molar-refractivity contribution in [1.82, 2.24) is 9.97 Å². The van der Waals surface area contributed by atoms with Gasteiger partial charge in [-0.1, -0.05) is 37.3 Å². The van der Waals surface area contributed by atoms with E-state index in [1.807, 2.05) is 24.3 Å². The van der Waals surface area contributed by atoms with Crippen molar-refractivity contribution in [3.05, 3.63) is 58.9 Å². The Morgan fingerprint density at radius 1 is 1.05 bits per heavy atom. The van der Waals surface area contributed by atoms with Crippen molar-refractivity contribution in [3.63, 3.8) is 0 Å². The molecule has 1 N–H and O–H groups in total. The van der Waals surface area contributed by atoms with Gasteiger partial charge in [0.15, 0.2) is 0 Å². The topological polar surface area (TPSA) is 37.8 Å². The van der Waals surface area contributed by atoms with Gasteiger partial charge >= 0.3 is 0 Å². The van der Waals surface area contributed by atoms with Crippen LogP contribution in [0.3, 0.4) is 0 Å². The monoisotopic (exact) mass is 297 g/mol. The molecule has 1 aromatic heterocycles. The van der Waals surface area contributed by atoms with E-state index in [0.29, 0.717) is 0 Å². The number of anilines is 2. The van der Waals surface area contributed by atoms with Gasteiger partial charge in [0.1, 0.15) is 5.82 Å². The Labute approximate surface area is 129 Å². The molecule has 0 saturated carbocycles. The molecule has 0 aliphatic heterocycles. The number of benzene rings is 2. The van der Waals surface area contributed by atoms with E-state index in [1.165, 1.54) is 11.1 Å². The zero-order valence-corrected chi connectivity index (χ0v) is 12.8. The smallest absolute Gasteiger partial charge is 0.224 e. The predicted octanol–water partition coefficient (Wildman–Crippen LogP) is 4.90. The maximum atomic E-state index is 6.04. The summed E-state index contributed by atoms with van der Waals surface area (Å²) in [4.78, 5) is 8.61. The highest BCUT2D eigenvalue weighted by Gasteiger charge is 2.10. The molecule has 0 bridgehead atoms. The van der Waals surface area contributed by atoms with Crippen LogP contribution in [0.5, 0.6) is 0 Å². The third-order valence-corrected chi connectivity index (χ3v) is 3.73. The van der Waals surface area contributed by atoms with E-state index in [2.05, 4.69) is 47.3 Å². The van der Waals surface area contributed by atoms with Crippen LogP contribution in [0.1, 0.15) is 18.1 Å². The maximum absolute atomic E-state index is 6.04. The summed E-state index contributed by atoms with van der Waals surface area (Å²) in [5, 5.41) is 4.66. The number of halogens is 1. The van der Waals surface area contributed by atoms with Crippen LogP contribution in [0.15, 0.2) is 42.5 Å². The molecule has 21 heavy (non-hydrogen) atoms. The highest BCUT2D eigenvalue weighted by atomic mass is 35.5. The number of hydrogen-bond donors (Lipinski definition) is 1. The first kappa shape index (κ1) is 13.8. The number of nitrogens with one attached hydrogen (secondary N) is 1. The van der Waals surface area contributed by atoms with Gasteiger partial charge in [0.2, 0.25) is 5.28 Å². The van der Waals surface area contributed by atoms with Gasteiger partial charge in [0, 0.05) is 11.1 Å². The van der Waals surface area contributed by atoms with Crippen LogP contribution >= 0.6 is 11.6 Å². The maximum Gasteiger partial charge on any atom is 0.224 e. The zero-order chi connectivity index (χ0) is 14.8. The molecule has 0 atom stereocenters. The Bertz CT molecular complexity index is 799. The first-order valence-electron chi connectivity index (χ1n) is 6.97. The molecule has 0 fully saturated rings. The van der Waals surface area contributed by atoms with E-state index < -0.39 is 0 Å². The second kappa shape index (κ2) is 5.70. The second-order valence-electron chi connectivity index (χ2n) is 4.95. The van der Waals surface area contributed by atoms with Crippen LogP contribution in [-0.2, 0) is 6.42 Å². The highest BCUT2D eigenvalue weighted by molar-refractivity contribution is 6.28. The fourth-order valence-corrected chi connectivity index (χ4v) is 2.64. The van der Waals surface area contributed by atoms with Crippen molar-refractivity contribution in [2.75, 3.05) is 5.32 Å². The average Bonchev–Trinajstić information content (AvgIpc) is 2.49. The van der Waals surface area contributed by atoms with Gasteiger partial charge in [-0.25, -0.2) is 4.98 Å². The van der Waals surface area contributed by atoms with Crippen molar-refractivity contribution in [3.8, 4) is 0 Å². The average molecular weight is 298 g/mol. The largest absolute Gasteiger partial charge is 0.339 e. The fourth-order valence-electron chi connectivity index (χ4n) is 2.46. The minimum Gasteiger partial charge on any atom is -0.339 e. The van der Waals surface area contributed by atoms with E-state index in [0.717, 1.165) is 28.8 Å². The van der Waals surface area contributed by atoms with Crippen molar-refractivity contribution < 1.29 is 0 Å². The number of rotatable bonds is 3. The number of para-hydroxylation sites is 2. The summed E-state index contributed by atoms with van der Waals surface area (Å²) < 4.78 is 0. The number of fused-ring (bicyclic) bond motifs is 1. The third kappa shape index (κ3) is 2.69. The highest BCUT2D eigenvalue weighted by Crippen LogP contribution is 2.29. The second-order valence-corrected chi connectivity index (χ2v) is 5.28. The van der Waals surface area contributed by atoms with E-state index in [-0.39, 0.29) is 5.28 Å². The van der Waals surface area contributed by atoms with Crippen LogP contribution in [0, 0.1) is 6.92 Å². The summed E-state index contributed by atoms with van der Waals surface area (Å²) in [6, 6.07) is 14.1. The molecular formula is C17H16ClN3. The summed E-state index contributed by atoms with van der Waals surface area (Å²) in [7, 11) is 0. The third-order valence-electron chi connectivity index (χ3n) is 3.56. The van der Waals surface area contributed by atoms with Crippen molar-refractivity contribution in [2.45, 2.75) is 20.3 Å². The molecule has 0 aliphatic rings. The standard InChI is InChI=1S/C17H16ClN3/c1-3-12-8-6-7-11(2)15(12)20-16-13-9-4-5-10-14(13)19-17(18)21-16/h4-10H,3H2,1-2H3,(H,19,20,21). The molecule has 0 radical (unpaired) electrons. The van der Waals surface area contributed by atoms with Gasteiger partial charge < -0.3 is 5.32 Å². The summed E-state index contributed by atoms with van der Waals surface area (Å²) >= 11 is 6.04.